The van der Waals surface area contributed by atoms with Gasteiger partial charge in [-0.25, -0.2) is 0 Å². The zero-order chi connectivity index (χ0) is 40.3. The summed E-state index contributed by atoms with van der Waals surface area (Å²) in [5, 5.41) is 43.7. The Bertz CT molecular complexity index is 751. The van der Waals surface area contributed by atoms with Crippen LogP contribution in [0.15, 0.2) is 0 Å². The molecule has 0 bridgehead atoms. The summed E-state index contributed by atoms with van der Waals surface area (Å²) in [5.41, 5.74) is 0. The second kappa shape index (κ2) is 44.4. The van der Waals surface area contributed by atoms with Crippen molar-refractivity contribution in [3.8, 4) is 0 Å². The lowest BCUT2D eigenvalue weighted by molar-refractivity contribution is -0.132. The molecule has 0 aliphatic rings. The van der Waals surface area contributed by atoms with Crippen molar-refractivity contribution >= 4 is 5.91 Å². The number of aliphatic hydroxyl groups excluding tert-OH is 4. The normalized spacial score (nSPS) is 13.9. The Balaban J connectivity index is 3.55. The maximum Gasteiger partial charge on any atom is 0.249 e. The number of hydrogen-bond donors (Lipinski definition) is 5. The Morgan fingerprint density at radius 3 is 0.873 bits per heavy atom. The van der Waals surface area contributed by atoms with E-state index in [1.165, 1.54) is 212 Å². The van der Waals surface area contributed by atoms with Crippen LogP contribution in [0.4, 0.5) is 0 Å². The van der Waals surface area contributed by atoms with Gasteiger partial charge in [0.2, 0.25) is 5.91 Å². The zero-order valence-electron chi connectivity index (χ0n) is 37.2. The van der Waals surface area contributed by atoms with E-state index < -0.39 is 36.9 Å². The summed E-state index contributed by atoms with van der Waals surface area (Å²) >= 11 is 0. The summed E-state index contributed by atoms with van der Waals surface area (Å²) in [6.07, 6.45) is 48.8. The fraction of sp³-hybridized carbons (Fsp3) is 0.980. The Morgan fingerprint density at radius 1 is 0.382 bits per heavy atom. The number of hydrogen-bond acceptors (Lipinski definition) is 5. The van der Waals surface area contributed by atoms with Gasteiger partial charge in [0.05, 0.1) is 18.8 Å². The van der Waals surface area contributed by atoms with E-state index in [1.807, 2.05) is 0 Å². The van der Waals surface area contributed by atoms with E-state index in [9.17, 15) is 25.2 Å². The van der Waals surface area contributed by atoms with E-state index in [2.05, 4.69) is 19.2 Å². The lowest BCUT2D eigenvalue weighted by Crippen LogP contribution is -2.53. The monoisotopic (exact) mass is 782 g/mol. The second-order valence-electron chi connectivity index (χ2n) is 17.5. The van der Waals surface area contributed by atoms with Gasteiger partial charge in [0.15, 0.2) is 0 Å². The summed E-state index contributed by atoms with van der Waals surface area (Å²) in [6, 6.07) is -0.978. The SMILES string of the molecule is CCCCCCCCCCCCCCCCCCCCCCCCCCCCCCC(O)C(O)C(CO)NC(=O)C(O)CCCCCCCCCCCCC. The molecule has 0 aromatic carbocycles. The van der Waals surface area contributed by atoms with Gasteiger partial charge in [0.1, 0.15) is 12.2 Å². The molecule has 0 aromatic heterocycles. The van der Waals surface area contributed by atoms with Gasteiger partial charge in [-0.1, -0.05) is 264 Å². The number of amides is 1. The first-order chi connectivity index (χ1) is 27.0. The lowest BCUT2D eigenvalue weighted by atomic mass is 9.99. The molecule has 0 radical (unpaired) electrons. The summed E-state index contributed by atoms with van der Waals surface area (Å²) in [5.74, 6) is -0.581. The molecule has 0 fully saturated rings. The van der Waals surface area contributed by atoms with Gasteiger partial charge in [-0.3, -0.25) is 4.79 Å². The number of carbonyl (C=O) groups is 1. The van der Waals surface area contributed by atoms with Gasteiger partial charge in [-0.05, 0) is 12.8 Å². The molecule has 330 valence electrons. The molecule has 0 rings (SSSR count). The van der Waals surface area contributed by atoms with E-state index in [0.717, 1.165) is 38.5 Å². The van der Waals surface area contributed by atoms with E-state index in [4.69, 9.17) is 0 Å². The van der Waals surface area contributed by atoms with Crippen molar-refractivity contribution in [2.75, 3.05) is 6.61 Å². The van der Waals surface area contributed by atoms with Crippen LogP contribution >= 0.6 is 0 Å². The number of nitrogens with one attached hydrogen (secondary N) is 1. The van der Waals surface area contributed by atoms with Crippen molar-refractivity contribution in [2.24, 2.45) is 0 Å². The molecule has 0 saturated carbocycles. The second-order valence-corrected chi connectivity index (χ2v) is 17.5. The van der Waals surface area contributed by atoms with E-state index in [1.54, 1.807) is 0 Å². The molecule has 0 heterocycles. The largest absolute Gasteiger partial charge is 0.394 e. The van der Waals surface area contributed by atoms with Crippen molar-refractivity contribution in [3.05, 3.63) is 0 Å². The highest BCUT2D eigenvalue weighted by atomic mass is 16.3. The molecule has 1 amide bonds. The van der Waals surface area contributed by atoms with Gasteiger partial charge < -0.3 is 25.7 Å². The quantitative estimate of drug-likeness (QED) is 0.0395. The average Bonchev–Trinajstić information content (AvgIpc) is 3.19. The highest BCUT2D eigenvalue weighted by Crippen LogP contribution is 2.18. The first kappa shape index (κ1) is 54.3. The van der Waals surface area contributed by atoms with Crippen LogP contribution in [0.5, 0.6) is 0 Å². The minimum Gasteiger partial charge on any atom is -0.394 e. The van der Waals surface area contributed by atoms with E-state index >= 15 is 0 Å². The topological polar surface area (TPSA) is 110 Å². The molecule has 5 N–H and O–H groups in total. The van der Waals surface area contributed by atoms with Crippen molar-refractivity contribution < 1.29 is 25.2 Å². The van der Waals surface area contributed by atoms with Crippen LogP contribution < -0.4 is 5.32 Å². The Hall–Kier alpha value is -0.690. The number of unbranched alkanes of at least 4 members (excludes halogenated alkanes) is 37. The highest BCUT2D eigenvalue weighted by molar-refractivity contribution is 5.80. The van der Waals surface area contributed by atoms with Crippen molar-refractivity contribution in [1.29, 1.82) is 0 Å². The molecule has 4 atom stereocenters. The third-order valence-corrected chi connectivity index (χ3v) is 12.1. The third kappa shape index (κ3) is 38.6. The summed E-state index contributed by atoms with van der Waals surface area (Å²) in [6.45, 7) is 4.06. The molecule has 6 nitrogen and oxygen atoms in total. The number of rotatable bonds is 46. The van der Waals surface area contributed by atoms with Crippen LogP contribution in [0.2, 0.25) is 0 Å². The van der Waals surface area contributed by atoms with Crippen LogP contribution in [0, 0.1) is 0 Å². The maximum absolute atomic E-state index is 12.5. The van der Waals surface area contributed by atoms with Gasteiger partial charge in [-0.2, -0.15) is 0 Å². The van der Waals surface area contributed by atoms with Crippen LogP contribution in [-0.2, 0) is 4.79 Å². The average molecular weight is 782 g/mol. The molecule has 0 aliphatic carbocycles. The van der Waals surface area contributed by atoms with Crippen LogP contribution in [0.25, 0.3) is 0 Å². The zero-order valence-corrected chi connectivity index (χ0v) is 37.2. The molecular weight excluding hydrogens is 683 g/mol. The molecule has 55 heavy (non-hydrogen) atoms. The number of aliphatic hydroxyl groups is 4. The van der Waals surface area contributed by atoms with Crippen LogP contribution in [0.1, 0.15) is 277 Å². The highest BCUT2D eigenvalue weighted by Gasteiger charge is 2.28. The summed E-state index contributed by atoms with van der Waals surface area (Å²) < 4.78 is 0. The molecule has 4 unspecified atom stereocenters. The predicted molar refractivity (Wildman–Crippen MR) is 238 cm³/mol. The molecule has 0 aliphatic heterocycles. The van der Waals surface area contributed by atoms with Crippen molar-refractivity contribution in [1.82, 2.24) is 5.32 Å². The van der Waals surface area contributed by atoms with Crippen molar-refractivity contribution in [2.45, 2.75) is 301 Å². The molecular formula is C49H99NO5. The summed E-state index contributed by atoms with van der Waals surface area (Å²) in [7, 11) is 0. The Labute approximate surface area is 343 Å². The first-order valence-electron chi connectivity index (χ1n) is 24.9. The Morgan fingerprint density at radius 2 is 0.618 bits per heavy atom. The van der Waals surface area contributed by atoms with Gasteiger partial charge >= 0.3 is 0 Å². The van der Waals surface area contributed by atoms with Crippen LogP contribution in [-0.4, -0.2) is 57.3 Å². The minimum atomic E-state index is -1.25. The fourth-order valence-electron chi connectivity index (χ4n) is 8.11. The van der Waals surface area contributed by atoms with Gasteiger partial charge in [-0.15, -0.1) is 0 Å². The van der Waals surface area contributed by atoms with Gasteiger partial charge in [0, 0.05) is 0 Å². The molecule has 0 aromatic rings. The third-order valence-electron chi connectivity index (χ3n) is 12.1. The molecule has 0 saturated heterocycles. The van der Waals surface area contributed by atoms with Gasteiger partial charge in [0.25, 0.3) is 0 Å². The lowest BCUT2D eigenvalue weighted by Gasteiger charge is -2.27. The molecule has 6 heteroatoms. The maximum atomic E-state index is 12.5. The molecule has 0 spiro atoms. The standard InChI is InChI=1S/C49H99NO5/c1-3-5-7-9-11-13-15-16-17-18-19-20-21-22-23-24-25-26-27-28-29-30-31-33-34-36-38-40-42-46(52)48(54)45(44-51)50-49(55)47(53)43-41-39-37-35-32-14-12-10-8-6-4-2/h45-48,51-54H,3-44H2,1-2H3,(H,50,55). The van der Waals surface area contributed by atoms with E-state index in [-0.39, 0.29) is 0 Å². The Kier molecular flexibility index (Phi) is 43.9. The summed E-state index contributed by atoms with van der Waals surface area (Å²) in [4.78, 5) is 12.5. The van der Waals surface area contributed by atoms with Crippen LogP contribution in [0.3, 0.4) is 0 Å². The number of carbonyl (C=O) groups excluding carboxylic acids is 1. The van der Waals surface area contributed by atoms with Crippen molar-refractivity contribution in [3.63, 3.8) is 0 Å². The first-order valence-corrected chi connectivity index (χ1v) is 24.9. The van der Waals surface area contributed by atoms with E-state index in [0.29, 0.717) is 12.8 Å². The smallest absolute Gasteiger partial charge is 0.249 e. The minimum absolute atomic E-state index is 0.374. The predicted octanol–water partition coefficient (Wildman–Crippen LogP) is 13.6. The fourth-order valence-corrected chi connectivity index (χ4v) is 8.11.